The predicted molar refractivity (Wildman–Crippen MR) is 83.3 cm³/mol. The Morgan fingerprint density at radius 2 is 1.62 bits per heavy atom. The van der Waals surface area contributed by atoms with Gasteiger partial charge >= 0.3 is 0 Å². The summed E-state index contributed by atoms with van der Waals surface area (Å²) in [7, 11) is 2.07. The Bertz CT molecular complexity index is 493. The van der Waals surface area contributed by atoms with Crippen molar-refractivity contribution in [2.75, 3.05) is 50.4 Å². The number of anilines is 2. The first-order valence-corrected chi connectivity index (χ1v) is 7.12. The van der Waals surface area contributed by atoms with Crippen molar-refractivity contribution in [3.05, 3.63) is 24.3 Å². The monoisotopic (exact) mass is 290 g/mol. The van der Waals surface area contributed by atoms with Gasteiger partial charge < -0.3 is 20.4 Å². The van der Waals surface area contributed by atoms with E-state index in [1.165, 1.54) is 6.92 Å². The van der Waals surface area contributed by atoms with Crippen molar-refractivity contribution in [1.82, 2.24) is 9.80 Å². The van der Waals surface area contributed by atoms with E-state index >= 15 is 0 Å². The number of piperazine rings is 1. The maximum absolute atomic E-state index is 12.1. The molecule has 0 unspecified atom stereocenters. The number of nitrogens with zero attached hydrogens (tertiary/aromatic N) is 2. The average Bonchev–Trinajstić information content (AvgIpc) is 2.46. The summed E-state index contributed by atoms with van der Waals surface area (Å²) in [5, 5.41) is 5.82. The van der Waals surface area contributed by atoms with Crippen LogP contribution in [-0.2, 0) is 9.59 Å². The minimum atomic E-state index is -0.0963. The van der Waals surface area contributed by atoms with Gasteiger partial charge in [-0.15, -0.1) is 0 Å². The van der Waals surface area contributed by atoms with Crippen LogP contribution in [-0.4, -0.2) is 61.4 Å². The number of likely N-dealkylation sites (N-methyl/N-ethyl adjacent to an activating group) is 1. The molecule has 6 heteroatoms. The molecule has 0 saturated carbocycles. The van der Waals surface area contributed by atoms with E-state index in [0.717, 1.165) is 37.6 Å². The highest BCUT2D eigenvalue weighted by molar-refractivity contribution is 5.89. The summed E-state index contributed by atoms with van der Waals surface area (Å²) >= 11 is 0. The Hall–Kier alpha value is -2.08. The molecule has 2 N–H and O–H groups in total. The van der Waals surface area contributed by atoms with Crippen molar-refractivity contribution < 1.29 is 9.59 Å². The molecule has 0 atom stereocenters. The Kier molecular flexibility index (Phi) is 5.16. The van der Waals surface area contributed by atoms with Crippen LogP contribution < -0.4 is 10.6 Å². The smallest absolute Gasteiger partial charge is 0.241 e. The molecule has 6 nitrogen and oxygen atoms in total. The highest BCUT2D eigenvalue weighted by atomic mass is 16.2. The van der Waals surface area contributed by atoms with Crippen LogP contribution >= 0.6 is 0 Å². The van der Waals surface area contributed by atoms with Gasteiger partial charge in [-0.3, -0.25) is 9.59 Å². The fraction of sp³-hybridized carbons (Fsp3) is 0.467. The summed E-state index contributed by atoms with van der Waals surface area (Å²) in [5.74, 6) is 0.0231. The molecular weight excluding hydrogens is 268 g/mol. The second kappa shape index (κ2) is 7.08. The van der Waals surface area contributed by atoms with Crippen molar-refractivity contribution in [3.8, 4) is 0 Å². The summed E-state index contributed by atoms with van der Waals surface area (Å²) in [5.41, 5.74) is 1.62. The Labute approximate surface area is 125 Å². The Balaban J connectivity index is 1.79. The molecule has 0 spiro atoms. The van der Waals surface area contributed by atoms with Crippen LogP contribution in [0.15, 0.2) is 24.3 Å². The number of carbonyl (C=O) groups is 2. The SMILES string of the molecule is CC(=O)Nc1ccc(NCC(=O)N2CCN(C)CC2)cc1. The lowest BCUT2D eigenvalue weighted by Gasteiger charge is -2.32. The minimum absolute atomic E-state index is 0.0963. The third kappa shape index (κ3) is 4.75. The van der Waals surface area contributed by atoms with Crippen LogP contribution in [0.5, 0.6) is 0 Å². The van der Waals surface area contributed by atoms with Gasteiger partial charge in [-0.2, -0.15) is 0 Å². The molecule has 1 heterocycles. The molecule has 1 aromatic rings. The average molecular weight is 290 g/mol. The summed E-state index contributed by atoms with van der Waals surface area (Å²) < 4.78 is 0. The molecule has 1 aliphatic rings. The third-order valence-electron chi connectivity index (χ3n) is 3.50. The molecule has 21 heavy (non-hydrogen) atoms. The fourth-order valence-electron chi connectivity index (χ4n) is 2.22. The maximum atomic E-state index is 12.1. The number of hydrogen-bond acceptors (Lipinski definition) is 4. The largest absolute Gasteiger partial charge is 0.376 e. The summed E-state index contributed by atoms with van der Waals surface area (Å²) in [6.45, 7) is 5.20. The topological polar surface area (TPSA) is 64.7 Å². The van der Waals surface area contributed by atoms with Crippen molar-refractivity contribution in [2.45, 2.75) is 6.92 Å². The highest BCUT2D eigenvalue weighted by Gasteiger charge is 2.18. The Morgan fingerprint density at radius 3 is 2.19 bits per heavy atom. The van der Waals surface area contributed by atoms with Crippen LogP contribution in [0.3, 0.4) is 0 Å². The van der Waals surface area contributed by atoms with Crippen molar-refractivity contribution >= 4 is 23.2 Å². The molecule has 0 radical (unpaired) electrons. The van der Waals surface area contributed by atoms with Gasteiger partial charge in [-0.25, -0.2) is 0 Å². The summed E-state index contributed by atoms with van der Waals surface area (Å²) in [6, 6.07) is 7.32. The van der Waals surface area contributed by atoms with Gasteiger partial charge in [0.2, 0.25) is 11.8 Å². The zero-order valence-electron chi connectivity index (χ0n) is 12.6. The van der Waals surface area contributed by atoms with Crippen LogP contribution in [0.4, 0.5) is 11.4 Å². The fourth-order valence-corrected chi connectivity index (χ4v) is 2.22. The molecule has 114 valence electrons. The van der Waals surface area contributed by atoms with Crippen LogP contribution in [0, 0.1) is 0 Å². The molecule has 1 saturated heterocycles. The van der Waals surface area contributed by atoms with Crippen molar-refractivity contribution in [1.29, 1.82) is 0 Å². The zero-order chi connectivity index (χ0) is 15.2. The highest BCUT2D eigenvalue weighted by Crippen LogP contribution is 2.13. The molecular formula is C15H22N4O2. The first kappa shape index (κ1) is 15.3. The van der Waals surface area contributed by atoms with E-state index in [9.17, 15) is 9.59 Å². The van der Waals surface area contributed by atoms with Crippen LogP contribution in [0.2, 0.25) is 0 Å². The van der Waals surface area contributed by atoms with E-state index in [1.54, 1.807) is 0 Å². The molecule has 2 rings (SSSR count). The number of nitrogens with one attached hydrogen (secondary N) is 2. The lowest BCUT2D eigenvalue weighted by Crippen LogP contribution is -2.48. The van der Waals surface area contributed by atoms with E-state index in [-0.39, 0.29) is 11.8 Å². The van der Waals surface area contributed by atoms with Gasteiger partial charge in [0.15, 0.2) is 0 Å². The molecule has 0 aliphatic carbocycles. The maximum Gasteiger partial charge on any atom is 0.241 e. The lowest BCUT2D eigenvalue weighted by atomic mass is 10.2. The third-order valence-corrected chi connectivity index (χ3v) is 3.50. The van der Waals surface area contributed by atoms with Crippen LogP contribution in [0.1, 0.15) is 6.92 Å². The van der Waals surface area contributed by atoms with E-state index in [1.807, 2.05) is 29.2 Å². The molecule has 2 amide bonds. The zero-order valence-corrected chi connectivity index (χ0v) is 12.6. The summed E-state index contributed by atoms with van der Waals surface area (Å²) in [4.78, 5) is 27.1. The minimum Gasteiger partial charge on any atom is -0.376 e. The van der Waals surface area contributed by atoms with Gasteiger partial charge in [0.1, 0.15) is 0 Å². The number of carbonyl (C=O) groups excluding carboxylic acids is 2. The second-order valence-corrected chi connectivity index (χ2v) is 5.30. The Morgan fingerprint density at radius 1 is 1.05 bits per heavy atom. The normalized spacial score (nSPS) is 15.6. The van der Waals surface area contributed by atoms with Gasteiger partial charge in [-0.05, 0) is 31.3 Å². The molecule has 1 aliphatic heterocycles. The van der Waals surface area contributed by atoms with Crippen molar-refractivity contribution in [2.24, 2.45) is 0 Å². The van der Waals surface area contributed by atoms with Gasteiger partial charge in [-0.1, -0.05) is 0 Å². The first-order valence-electron chi connectivity index (χ1n) is 7.12. The number of amides is 2. The standard InChI is InChI=1S/C15H22N4O2/c1-12(20)17-14-5-3-13(4-6-14)16-11-15(21)19-9-7-18(2)8-10-19/h3-6,16H,7-11H2,1-2H3,(H,17,20). The molecule has 1 aromatic carbocycles. The first-order chi connectivity index (χ1) is 10.0. The quantitative estimate of drug-likeness (QED) is 0.862. The second-order valence-electron chi connectivity index (χ2n) is 5.30. The number of benzene rings is 1. The van der Waals surface area contributed by atoms with Gasteiger partial charge in [0, 0.05) is 44.5 Å². The van der Waals surface area contributed by atoms with Gasteiger partial charge in [0.25, 0.3) is 0 Å². The molecule has 0 bridgehead atoms. The van der Waals surface area contributed by atoms with E-state index in [4.69, 9.17) is 0 Å². The lowest BCUT2D eigenvalue weighted by molar-refractivity contribution is -0.130. The van der Waals surface area contributed by atoms with E-state index in [0.29, 0.717) is 6.54 Å². The molecule has 1 fully saturated rings. The number of hydrogen-bond donors (Lipinski definition) is 2. The van der Waals surface area contributed by atoms with Crippen LogP contribution in [0.25, 0.3) is 0 Å². The van der Waals surface area contributed by atoms with Gasteiger partial charge in [0.05, 0.1) is 6.54 Å². The number of rotatable bonds is 4. The van der Waals surface area contributed by atoms with E-state index in [2.05, 4.69) is 22.6 Å². The van der Waals surface area contributed by atoms with E-state index < -0.39 is 0 Å². The predicted octanol–water partition coefficient (Wildman–Crippen LogP) is 0.831. The molecule has 0 aromatic heterocycles. The summed E-state index contributed by atoms with van der Waals surface area (Å²) in [6.07, 6.45) is 0. The van der Waals surface area contributed by atoms with Crippen molar-refractivity contribution in [3.63, 3.8) is 0 Å².